The van der Waals surface area contributed by atoms with Gasteiger partial charge >= 0.3 is 11.9 Å². The Hall–Kier alpha value is -3.64. The maximum atomic E-state index is 11.8. The third kappa shape index (κ3) is 9.17. The molecule has 43 heavy (non-hydrogen) atoms. The van der Waals surface area contributed by atoms with Gasteiger partial charge in [0.15, 0.2) is 23.0 Å². The molecule has 0 N–H and O–H groups in total. The quantitative estimate of drug-likeness (QED) is 0.118. The summed E-state index contributed by atoms with van der Waals surface area (Å²) in [4.78, 5) is 23.6. The molecule has 0 atom stereocenters. The summed E-state index contributed by atoms with van der Waals surface area (Å²) in [5, 5.41) is 0. The number of hydrogen-bond donors (Lipinski definition) is 0. The molecule has 0 saturated carbocycles. The van der Waals surface area contributed by atoms with Crippen molar-refractivity contribution in [1.82, 2.24) is 0 Å². The molecule has 0 fully saturated rings. The van der Waals surface area contributed by atoms with Gasteiger partial charge in [0.25, 0.3) is 24.6 Å². The minimum absolute atomic E-state index is 0.243. The number of carbonyl (C=O) groups excluding carboxylic acids is 2. The van der Waals surface area contributed by atoms with Gasteiger partial charge in [-0.2, -0.15) is 0 Å². The van der Waals surface area contributed by atoms with Gasteiger partial charge in [0.05, 0.1) is 26.4 Å². The standard InChI is InChI=1S/C31H40O10S2/c1-11-34-25-21(15-17-23(27(25)36-13-3)38-42-40-29(32)19(5)6)31(9,10)22-16-18-24(39-43-41-30(33)20(7)8)28(37-14-4)26(22)35-12-2/h15-18H,5,7,11-14H2,1-4,6,8-10H3. The molecule has 2 aromatic rings. The number of benzene rings is 2. The van der Waals surface area contributed by atoms with Crippen LogP contribution in [0, 0.1) is 0 Å². The maximum absolute atomic E-state index is 11.8. The number of ether oxygens (including phenoxy) is 4. The van der Waals surface area contributed by atoms with Crippen molar-refractivity contribution < 1.29 is 45.3 Å². The molecule has 0 aliphatic carbocycles. The lowest BCUT2D eigenvalue weighted by Crippen LogP contribution is -2.22. The van der Waals surface area contributed by atoms with Crippen LogP contribution >= 0.6 is 24.6 Å². The fraction of sp³-hybridized carbons (Fsp3) is 0.419. The summed E-state index contributed by atoms with van der Waals surface area (Å²) in [6.45, 7) is 23.0. The molecule has 10 nitrogen and oxygen atoms in total. The zero-order valence-electron chi connectivity index (χ0n) is 26.0. The van der Waals surface area contributed by atoms with Crippen LogP contribution in [0.1, 0.15) is 66.5 Å². The predicted molar refractivity (Wildman–Crippen MR) is 168 cm³/mol. The molecular formula is C31H40O10S2. The first-order valence-electron chi connectivity index (χ1n) is 13.7. The lowest BCUT2D eigenvalue weighted by molar-refractivity contribution is -0.130. The van der Waals surface area contributed by atoms with Gasteiger partial charge in [-0.1, -0.05) is 39.1 Å². The van der Waals surface area contributed by atoms with E-state index in [0.717, 1.165) is 11.1 Å². The zero-order chi connectivity index (χ0) is 32.2. The average Bonchev–Trinajstić information content (AvgIpc) is 2.95. The number of carbonyl (C=O) groups is 2. The van der Waals surface area contributed by atoms with Gasteiger partial charge in [0, 0.05) is 27.7 Å². The van der Waals surface area contributed by atoms with E-state index in [9.17, 15) is 9.59 Å². The van der Waals surface area contributed by atoms with Gasteiger partial charge in [-0.15, -0.1) is 0 Å². The summed E-state index contributed by atoms with van der Waals surface area (Å²) >= 11 is 1.03. The van der Waals surface area contributed by atoms with Crippen molar-refractivity contribution in [3.63, 3.8) is 0 Å². The van der Waals surface area contributed by atoms with Crippen LogP contribution in [0.2, 0.25) is 0 Å². The molecule has 0 spiro atoms. The first-order chi connectivity index (χ1) is 20.4. The van der Waals surface area contributed by atoms with Crippen molar-refractivity contribution in [3.8, 4) is 34.5 Å². The normalized spacial score (nSPS) is 10.8. The highest BCUT2D eigenvalue weighted by molar-refractivity contribution is 7.90. The van der Waals surface area contributed by atoms with Crippen molar-refractivity contribution in [3.05, 3.63) is 59.7 Å². The highest BCUT2D eigenvalue weighted by Crippen LogP contribution is 2.52. The first kappa shape index (κ1) is 35.6. The third-order valence-electron chi connectivity index (χ3n) is 5.82. The molecule has 0 aliphatic rings. The van der Waals surface area contributed by atoms with E-state index in [1.165, 1.54) is 0 Å². The number of hydrogen-bond acceptors (Lipinski definition) is 12. The smallest absolute Gasteiger partial charge is 0.347 e. The van der Waals surface area contributed by atoms with E-state index >= 15 is 0 Å². The molecule has 2 aromatic carbocycles. The SMILES string of the molecule is C=C(C)C(=O)OSOc1ccc(C(C)(C)c2ccc(OSOC(=O)C(=C)C)c(OCC)c2OCC)c(OCC)c1OCC. The third-order valence-corrected chi connectivity index (χ3v) is 6.75. The molecule has 236 valence electrons. The minimum Gasteiger partial charge on any atom is -0.490 e. The molecule has 12 heteroatoms. The van der Waals surface area contributed by atoms with Crippen LogP contribution in [0.4, 0.5) is 0 Å². The number of rotatable bonds is 18. The molecule has 0 unspecified atom stereocenters. The van der Waals surface area contributed by atoms with E-state index in [4.69, 9.17) is 35.7 Å². The summed E-state index contributed by atoms with van der Waals surface area (Å²) in [5.41, 5.74) is 1.30. The van der Waals surface area contributed by atoms with E-state index in [1.807, 2.05) is 53.7 Å². The van der Waals surface area contributed by atoms with Crippen LogP contribution in [-0.4, -0.2) is 38.4 Å². The Morgan fingerprint density at radius 2 is 0.953 bits per heavy atom. The molecule has 0 aliphatic heterocycles. The second-order valence-corrected chi connectivity index (χ2v) is 10.4. The van der Waals surface area contributed by atoms with Gasteiger partial charge in [0.2, 0.25) is 11.5 Å². The van der Waals surface area contributed by atoms with Crippen molar-refractivity contribution in [2.75, 3.05) is 26.4 Å². The van der Waals surface area contributed by atoms with Crippen molar-refractivity contribution >= 4 is 36.6 Å². The van der Waals surface area contributed by atoms with E-state index in [-0.39, 0.29) is 11.1 Å². The van der Waals surface area contributed by atoms with Crippen LogP contribution in [0.25, 0.3) is 0 Å². The molecule has 0 amide bonds. The summed E-state index contributed by atoms with van der Waals surface area (Å²) in [5.74, 6) is 1.06. The van der Waals surface area contributed by atoms with Crippen LogP contribution in [0.15, 0.2) is 48.6 Å². The van der Waals surface area contributed by atoms with Gasteiger partial charge in [0.1, 0.15) is 0 Å². The fourth-order valence-corrected chi connectivity index (χ4v) is 4.68. The Labute approximate surface area is 262 Å². The Balaban J connectivity index is 2.63. The topological polar surface area (TPSA) is 108 Å². The van der Waals surface area contributed by atoms with Gasteiger partial charge in [-0.05, 0) is 53.7 Å². The second-order valence-electron chi connectivity index (χ2n) is 9.50. The Kier molecular flexibility index (Phi) is 13.9. The van der Waals surface area contributed by atoms with E-state index in [1.54, 1.807) is 26.0 Å². The Bertz CT molecular complexity index is 1210. The molecule has 0 aromatic heterocycles. The lowest BCUT2D eigenvalue weighted by atomic mass is 9.76. The summed E-state index contributed by atoms with van der Waals surface area (Å²) < 4.78 is 45.7. The minimum atomic E-state index is -0.733. The second kappa shape index (κ2) is 16.9. The zero-order valence-corrected chi connectivity index (χ0v) is 27.6. The van der Waals surface area contributed by atoms with E-state index in [0.29, 0.717) is 85.6 Å². The van der Waals surface area contributed by atoms with Crippen LogP contribution in [-0.2, 0) is 23.4 Å². The summed E-state index contributed by atoms with van der Waals surface area (Å²) in [6.07, 6.45) is 0. The van der Waals surface area contributed by atoms with Crippen LogP contribution < -0.4 is 27.3 Å². The largest absolute Gasteiger partial charge is 0.490 e. The summed E-state index contributed by atoms with van der Waals surface area (Å²) in [7, 11) is 0. The summed E-state index contributed by atoms with van der Waals surface area (Å²) in [6, 6.07) is 7.16. The van der Waals surface area contributed by atoms with Gasteiger partial charge in [-0.3, -0.25) is 0 Å². The predicted octanol–water partition coefficient (Wildman–Crippen LogP) is 7.73. The molecule has 2 rings (SSSR count). The van der Waals surface area contributed by atoms with Gasteiger partial charge in [-0.25, -0.2) is 9.59 Å². The monoisotopic (exact) mass is 636 g/mol. The fourth-order valence-electron chi connectivity index (χ4n) is 3.80. The van der Waals surface area contributed by atoms with Crippen molar-refractivity contribution in [1.29, 1.82) is 0 Å². The Morgan fingerprint density at radius 1 is 0.628 bits per heavy atom. The van der Waals surface area contributed by atoms with Crippen molar-refractivity contribution in [2.45, 2.75) is 60.8 Å². The van der Waals surface area contributed by atoms with Gasteiger partial charge < -0.3 is 35.7 Å². The molecule has 0 saturated heterocycles. The molecule has 0 radical (unpaired) electrons. The van der Waals surface area contributed by atoms with Crippen LogP contribution in [0.5, 0.6) is 34.5 Å². The van der Waals surface area contributed by atoms with E-state index < -0.39 is 17.4 Å². The highest BCUT2D eigenvalue weighted by atomic mass is 32.2. The average molecular weight is 637 g/mol. The lowest BCUT2D eigenvalue weighted by Gasteiger charge is -2.32. The Morgan fingerprint density at radius 3 is 1.26 bits per heavy atom. The maximum Gasteiger partial charge on any atom is 0.347 e. The molecule has 0 heterocycles. The molecule has 0 bridgehead atoms. The first-order valence-corrected chi connectivity index (χ1v) is 15.1. The molecular weight excluding hydrogens is 596 g/mol. The highest BCUT2D eigenvalue weighted by Gasteiger charge is 2.35. The van der Waals surface area contributed by atoms with Crippen molar-refractivity contribution in [2.24, 2.45) is 0 Å². The van der Waals surface area contributed by atoms with Crippen LogP contribution in [0.3, 0.4) is 0 Å². The van der Waals surface area contributed by atoms with E-state index in [2.05, 4.69) is 13.2 Å².